The van der Waals surface area contributed by atoms with E-state index in [2.05, 4.69) is 34.5 Å². The number of morpholine rings is 1. The van der Waals surface area contributed by atoms with Crippen LogP contribution in [0.1, 0.15) is 29.2 Å². The van der Waals surface area contributed by atoms with Gasteiger partial charge in [0.25, 0.3) is 0 Å². The fourth-order valence-corrected chi connectivity index (χ4v) is 4.74. The van der Waals surface area contributed by atoms with E-state index in [0.29, 0.717) is 10.0 Å². The smallest absolute Gasteiger partial charge is 0.199 e. The first-order chi connectivity index (χ1) is 13.7. The Hall–Kier alpha value is -2.01. The first-order valence-electron chi connectivity index (χ1n) is 9.64. The van der Waals surface area contributed by atoms with Crippen molar-refractivity contribution in [3.05, 3.63) is 74.8 Å². The second kappa shape index (κ2) is 7.43. The van der Waals surface area contributed by atoms with Gasteiger partial charge in [-0.3, -0.25) is 0 Å². The molecule has 4 nitrogen and oxygen atoms in total. The summed E-state index contributed by atoms with van der Waals surface area (Å²) in [5, 5.41) is 4.95. The highest BCUT2D eigenvalue weighted by atomic mass is 35.5. The fraction of sp³-hybridized carbons (Fsp3) is 0.318. The van der Waals surface area contributed by atoms with Gasteiger partial charge in [0.15, 0.2) is 5.96 Å². The van der Waals surface area contributed by atoms with Crippen molar-refractivity contribution in [2.45, 2.75) is 18.9 Å². The van der Waals surface area contributed by atoms with Crippen LogP contribution in [0.15, 0.2) is 53.0 Å². The lowest BCUT2D eigenvalue weighted by atomic mass is 9.83. The van der Waals surface area contributed by atoms with E-state index in [-0.39, 0.29) is 6.04 Å². The molecule has 1 fully saturated rings. The van der Waals surface area contributed by atoms with Crippen LogP contribution in [-0.2, 0) is 11.2 Å². The number of nitrogens with one attached hydrogen (secondary N) is 1. The molecule has 2 aliphatic heterocycles. The van der Waals surface area contributed by atoms with Crippen LogP contribution in [0, 0.1) is 0 Å². The number of fused-ring (bicyclic) bond motifs is 2. The fourth-order valence-electron chi connectivity index (χ4n) is 4.23. The van der Waals surface area contributed by atoms with Gasteiger partial charge in [-0.05, 0) is 41.7 Å². The van der Waals surface area contributed by atoms with Gasteiger partial charge in [0.1, 0.15) is 6.04 Å². The minimum absolute atomic E-state index is 0.104. The van der Waals surface area contributed by atoms with E-state index >= 15 is 0 Å². The number of ether oxygens (including phenoxy) is 1. The minimum Gasteiger partial charge on any atom is -0.378 e. The first-order valence-corrected chi connectivity index (χ1v) is 10.4. The van der Waals surface area contributed by atoms with E-state index in [1.807, 2.05) is 12.1 Å². The maximum absolute atomic E-state index is 6.60. The zero-order valence-corrected chi connectivity index (χ0v) is 16.9. The Morgan fingerprint density at radius 3 is 2.68 bits per heavy atom. The number of hydrogen-bond donors (Lipinski definition) is 1. The zero-order chi connectivity index (χ0) is 19.1. The van der Waals surface area contributed by atoms with Crippen LogP contribution in [0.5, 0.6) is 0 Å². The van der Waals surface area contributed by atoms with Gasteiger partial charge in [-0.25, -0.2) is 4.99 Å². The number of nitrogens with zero attached hydrogens (tertiary/aromatic N) is 2. The van der Waals surface area contributed by atoms with Crippen LogP contribution in [0.25, 0.3) is 5.70 Å². The van der Waals surface area contributed by atoms with Crippen LogP contribution in [-0.4, -0.2) is 37.2 Å². The molecule has 0 bridgehead atoms. The summed E-state index contributed by atoms with van der Waals surface area (Å²) >= 11 is 12.7. The molecule has 0 spiro atoms. The van der Waals surface area contributed by atoms with Gasteiger partial charge in [0.05, 0.1) is 18.9 Å². The SMILES string of the molecule is Clc1ccc(C2N=C(N3CCOCC3)NC3=C2CCc2ccccc23)c(Cl)c1. The third-order valence-corrected chi connectivity index (χ3v) is 6.22. The lowest BCUT2D eigenvalue weighted by Gasteiger charge is -2.38. The second-order valence-electron chi connectivity index (χ2n) is 7.30. The van der Waals surface area contributed by atoms with E-state index in [4.69, 9.17) is 32.9 Å². The van der Waals surface area contributed by atoms with E-state index in [0.717, 1.165) is 50.7 Å². The molecule has 1 saturated heterocycles. The van der Waals surface area contributed by atoms with E-state index in [1.165, 1.54) is 22.4 Å². The molecule has 0 aromatic heterocycles. The molecule has 2 aromatic carbocycles. The van der Waals surface area contributed by atoms with Crippen molar-refractivity contribution in [2.75, 3.05) is 26.3 Å². The molecule has 28 heavy (non-hydrogen) atoms. The van der Waals surface area contributed by atoms with Crippen LogP contribution in [0.2, 0.25) is 10.0 Å². The maximum Gasteiger partial charge on any atom is 0.199 e. The topological polar surface area (TPSA) is 36.9 Å². The summed E-state index contributed by atoms with van der Waals surface area (Å²) < 4.78 is 5.52. The normalized spacial score (nSPS) is 21.6. The minimum atomic E-state index is -0.104. The number of benzene rings is 2. The van der Waals surface area contributed by atoms with Crippen LogP contribution in [0.4, 0.5) is 0 Å². The predicted molar refractivity (Wildman–Crippen MR) is 114 cm³/mol. The Balaban J connectivity index is 1.63. The van der Waals surface area contributed by atoms with Gasteiger partial charge in [-0.15, -0.1) is 0 Å². The van der Waals surface area contributed by atoms with Crippen molar-refractivity contribution in [3.63, 3.8) is 0 Å². The quantitative estimate of drug-likeness (QED) is 0.736. The molecule has 2 heterocycles. The first kappa shape index (κ1) is 18.0. The molecular formula is C22H21Cl2N3O. The van der Waals surface area contributed by atoms with Crippen LogP contribution >= 0.6 is 23.2 Å². The van der Waals surface area contributed by atoms with Crippen molar-refractivity contribution in [3.8, 4) is 0 Å². The largest absolute Gasteiger partial charge is 0.378 e. The highest BCUT2D eigenvalue weighted by Gasteiger charge is 2.33. The Morgan fingerprint density at radius 2 is 1.86 bits per heavy atom. The summed E-state index contributed by atoms with van der Waals surface area (Å²) in [6, 6.07) is 14.2. The molecule has 1 atom stereocenters. The number of halogens is 2. The molecule has 3 aliphatic rings. The second-order valence-corrected chi connectivity index (χ2v) is 8.15. The molecule has 5 rings (SSSR count). The molecule has 6 heteroatoms. The van der Waals surface area contributed by atoms with Crippen molar-refractivity contribution < 1.29 is 4.74 Å². The molecule has 1 unspecified atom stereocenters. The lowest BCUT2D eigenvalue weighted by Crippen LogP contribution is -2.48. The molecule has 0 amide bonds. The molecule has 1 N–H and O–H groups in total. The highest BCUT2D eigenvalue weighted by molar-refractivity contribution is 6.35. The van der Waals surface area contributed by atoms with Crippen molar-refractivity contribution in [1.82, 2.24) is 10.2 Å². The van der Waals surface area contributed by atoms with Gasteiger partial charge in [-0.2, -0.15) is 0 Å². The average Bonchev–Trinajstić information content (AvgIpc) is 2.73. The lowest BCUT2D eigenvalue weighted by molar-refractivity contribution is 0.0666. The molecule has 1 aliphatic carbocycles. The molecule has 0 radical (unpaired) electrons. The third kappa shape index (κ3) is 3.20. The van der Waals surface area contributed by atoms with E-state index in [1.54, 1.807) is 6.07 Å². The van der Waals surface area contributed by atoms with Gasteiger partial charge >= 0.3 is 0 Å². The maximum atomic E-state index is 6.60. The van der Waals surface area contributed by atoms with Crippen molar-refractivity contribution in [1.29, 1.82) is 0 Å². The Labute approximate surface area is 174 Å². The van der Waals surface area contributed by atoms with Crippen molar-refractivity contribution in [2.24, 2.45) is 4.99 Å². The van der Waals surface area contributed by atoms with Gasteiger partial charge in [0.2, 0.25) is 0 Å². The monoisotopic (exact) mass is 413 g/mol. The summed E-state index contributed by atoms with van der Waals surface area (Å²) in [5.41, 5.74) is 6.11. The number of rotatable bonds is 1. The number of aryl methyl sites for hydroxylation is 1. The molecule has 2 aromatic rings. The zero-order valence-electron chi connectivity index (χ0n) is 15.4. The summed E-state index contributed by atoms with van der Waals surface area (Å²) in [7, 11) is 0. The van der Waals surface area contributed by atoms with Crippen LogP contribution in [0.3, 0.4) is 0 Å². The Morgan fingerprint density at radius 1 is 1.04 bits per heavy atom. The Kier molecular flexibility index (Phi) is 4.79. The number of guanidine groups is 1. The summed E-state index contributed by atoms with van der Waals surface area (Å²) in [5.74, 6) is 0.898. The summed E-state index contributed by atoms with van der Waals surface area (Å²) in [6.45, 7) is 3.10. The summed E-state index contributed by atoms with van der Waals surface area (Å²) in [4.78, 5) is 7.38. The Bertz CT molecular complexity index is 979. The van der Waals surface area contributed by atoms with E-state index < -0.39 is 0 Å². The molecular weight excluding hydrogens is 393 g/mol. The van der Waals surface area contributed by atoms with Crippen molar-refractivity contribution >= 4 is 34.9 Å². The van der Waals surface area contributed by atoms with Gasteiger partial charge in [0, 0.05) is 28.7 Å². The standard InChI is InChI=1S/C22H21Cl2N3O/c23-15-6-8-17(19(24)13-15)21-18-7-5-14-3-1-2-4-16(14)20(18)25-22(26-21)27-9-11-28-12-10-27/h1-4,6,8,13,21H,5,7,9-12H2,(H,25,26). The molecule has 0 saturated carbocycles. The summed E-state index contributed by atoms with van der Waals surface area (Å²) in [6.07, 6.45) is 1.98. The molecule has 144 valence electrons. The average molecular weight is 414 g/mol. The third-order valence-electron chi connectivity index (χ3n) is 5.66. The van der Waals surface area contributed by atoms with E-state index in [9.17, 15) is 0 Å². The van der Waals surface area contributed by atoms with Gasteiger partial charge < -0.3 is 15.0 Å². The number of aliphatic imine (C=N–C) groups is 1. The highest BCUT2D eigenvalue weighted by Crippen LogP contribution is 2.43. The van der Waals surface area contributed by atoms with Gasteiger partial charge in [-0.1, -0.05) is 53.5 Å². The number of hydrogen-bond acceptors (Lipinski definition) is 4. The predicted octanol–water partition coefficient (Wildman–Crippen LogP) is 4.68. The van der Waals surface area contributed by atoms with Crippen LogP contribution < -0.4 is 5.32 Å².